The van der Waals surface area contributed by atoms with Gasteiger partial charge in [-0.05, 0) is 51.1 Å². The van der Waals surface area contributed by atoms with Crippen LogP contribution in [0.2, 0.25) is 0 Å². The molecule has 0 saturated carbocycles. The van der Waals surface area contributed by atoms with Crippen LogP contribution < -0.4 is 10.1 Å². The van der Waals surface area contributed by atoms with Gasteiger partial charge in [0.1, 0.15) is 18.1 Å². The van der Waals surface area contributed by atoms with Gasteiger partial charge in [0, 0.05) is 44.3 Å². The Bertz CT molecular complexity index is 1060. The highest BCUT2D eigenvalue weighted by molar-refractivity contribution is 5.94. The van der Waals surface area contributed by atoms with Gasteiger partial charge in [-0.25, -0.2) is 0 Å². The third-order valence-corrected chi connectivity index (χ3v) is 6.45. The van der Waals surface area contributed by atoms with E-state index in [9.17, 15) is 4.79 Å². The Morgan fingerprint density at radius 1 is 1.15 bits per heavy atom. The number of benzene rings is 2. The van der Waals surface area contributed by atoms with Gasteiger partial charge >= 0.3 is 0 Å². The van der Waals surface area contributed by atoms with Gasteiger partial charge < -0.3 is 19.5 Å². The highest BCUT2D eigenvalue weighted by Crippen LogP contribution is 2.25. The second kappa shape index (κ2) is 11.3. The lowest BCUT2D eigenvalue weighted by Gasteiger charge is -2.40. The summed E-state index contributed by atoms with van der Waals surface area (Å²) in [7, 11) is 2.18. The summed E-state index contributed by atoms with van der Waals surface area (Å²) in [6.07, 6.45) is 0.904. The largest absolute Gasteiger partial charge is 0.489 e. The van der Waals surface area contributed by atoms with E-state index in [2.05, 4.69) is 57.7 Å². The fourth-order valence-electron chi connectivity index (χ4n) is 4.39. The zero-order valence-corrected chi connectivity index (χ0v) is 20.3. The summed E-state index contributed by atoms with van der Waals surface area (Å²) in [6.45, 7) is 8.84. The predicted octanol–water partition coefficient (Wildman–Crippen LogP) is 3.98. The number of nitrogens with one attached hydrogen (secondary N) is 1. The summed E-state index contributed by atoms with van der Waals surface area (Å²) in [5.74, 6) is 1.32. The van der Waals surface area contributed by atoms with Crippen LogP contribution in [0, 0.1) is 13.8 Å². The van der Waals surface area contributed by atoms with Crippen molar-refractivity contribution in [2.24, 2.45) is 0 Å². The van der Waals surface area contributed by atoms with Gasteiger partial charge in [-0.2, -0.15) is 0 Å². The lowest BCUT2D eigenvalue weighted by Crippen LogP contribution is -2.47. The van der Waals surface area contributed by atoms with Crippen LogP contribution in [0.5, 0.6) is 5.75 Å². The topological polar surface area (TPSA) is 70.8 Å². The van der Waals surface area contributed by atoms with Crippen LogP contribution in [0.1, 0.15) is 45.4 Å². The summed E-state index contributed by atoms with van der Waals surface area (Å²) < 4.78 is 11.1. The average molecular weight is 463 g/mol. The number of nitrogens with zero attached hydrogens (tertiary/aromatic N) is 3. The van der Waals surface area contributed by atoms with E-state index in [1.807, 2.05) is 32.0 Å². The second-order valence-corrected chi connectivity index (χ2v) is 8.95. The van der Waals surface area contributed by atoms with Crippen molar-refractivity contribution in [3.63, 3.8) is 0 Å². The lowest BCUT2D eigenvalue weighted by molar-refractivity contribution is 0.0865. The standard InChI is InChI=1S/C27H34N4O3/c1-20-25(21(2)34-29-20)19-33-24-12-7-11-23(17-24)27(32)28-13-8-14-31-16-15-30(3)18-26(31)22-9-5-4-6-10-22/h4-7,9-12,17,26H,8,13-16,18-19H2,1-3H3,(H,28,32). The van der Waals surface area contributed by atoms with E-state index in [0.717, 1.165) is 49.6 Å². The van der Waals surface area contributed by atoms with Crippen LogP contribution in [0.15, 0.2) is 59.1 Å². The molecule has 1 aliphatic rings. The monoisotopic (exact) mass is 462 g/mol. The molecule has 1 N–H and O–H groups in total. The van der Waals surface area contributed by atoms with Crippen molar-refractivity contribution >= 4 is 5.91 Å². The van der Waals surface area contributed by atoms with Crippen LogP contribution in [-0.2, 0) is 6.61 Å². The molecule has 1 amide bonds. The summed E-state index contributed by atoms with van der Waals surface area (Å²) >= 11 is 0. The molecule has 7 heteroatoms. The van der Waals surface area contributed by atoms with Gasteiger partial charge in [-0.1, -0.05) is 41.6 Å². The molecule has 0 aliphatic carbocycles. The molecule has 1 fully saturated rings. The number of piperazine rings is 1. The molecule has 0 spiro atoms. The minimum absolute atomic E-state index is 0.0826. The van der Waals surface area contributed by atoms with E-state index < -0.39 is 0 Å². The van der Waals surface area contributed by atoms with Crippen molar-refractivity contribution in [1.82, 2.24) is 20.3 Å². The first-order valence-corrected chi connectivity index (χ1v) is 11.9. The van der Waals surface area contributed by atoms with E-state index in [-0.39, 0.29) is 5.91 Å². The van der Waals surface area contributed by atoms with Crippen molar-refractivity contribution in [2.45, 2.75) is 32.9 Å². The van der Waals surface area contributed by atoms with Crippen LogP contribution in [0.25, 0.3) is 0 Å². The molecule has 34 heavy (non-hydrogen) atoms. The SMILES string of the molecule is Cc1noc(C)c1COc1cccc(C(=O)NCCCN2CCN(C)CC2c2ccccc2)c1. The van der Waals surface area contributed by atoms with E-state index in [4.69, 9.17) is 9.26 Å². The summed E-state index contributed by atoms with van der Waals surface area (Å²) in [5.41, 5.74) is 3.71. The highest BCUT2D eigenvalue weighted by Gasteiger charge is 2.26. The van der Waals surface area contributed by atoms with E-state index >= 15 is 0 Å². The third-order valence-electron chi connectivity index (χ3n) is 6.45. The number of ether oxygens (including phenoxy) is 1. The molecule has 0 bridgehead atoms. The second-order valence-electron chi connectivity index (χ2n) is 8.95. The molecule has 7 nitrogen and oxygen atoms in total. The fraction of sp³-hybridized carbons (Fsp3) is 0.407. The quantitative estimate of drug-likeness (QED) is 0.485. The molecular weight excluding hydrogens is 428 g/mol. The van der Waals surface area contributed by atoms with Crippen molar-refractivity contribution in [3.8, 4) is 5.75 Å². The summed E-state index contributed by atoms with van der Waals surface area (Å²) in [6, 6.07) is 18.4. The van der Waals surface area contributed by atoms with Crippen LogP contribution in [0.3, 0.4) is 0 Å². The molecule has 0 radical (unpaired) electrons. The Labute approximate surface area is 201 Å². The van der Waals surface area contributed by atoms with Gasteiger partial charge in [0.15, 0.2) is 0 Å². The number of aryl methyl sites for hydroxylation is 2. The first kappa shape index (κ1) is 24.0. The number of rotatable bonds is 9. The van der Waals surface area contributed by atoms with Gasteiger partial charge in [0.2, 0.25) is 0 Å². The molecule has 1 saturated heterocycles. The highest BCUT2D eigenvalue weighted by atomic mass is 16.5. The molecular formula is C27H34N4O3. The van der Waals surface area contributed by atoms with Crippen LogP contribution in [0.4, 0.5) is 0 Å². The maximum Gasteiger partial charge on any atom is 0.251 e. The Morgan fingerprint density at radius 3 is 2.74 bits per heavy atom. The maximum atomic E-state index is 12.7. The first-order valence-electron chi connectivity index (χ1n) is 11.9. The average Bonchev–Trinajstić information content (AvgIpc) is 3.18. The Hall–Kier alpha value is -3.16. The normalized spacial score (nSPS) is 17.0. The minimum Gasteiger partial charge on any atom is -0.489 e. The number of likely N-dealkylation sites (N-methyl/N-ethyl adjacent to an activating group) is 1. The van der Waals surface area contributed by atoms with Gasteiger partial charge in [0.05, 0.1) is 11.3 Å². The number of carbonyl (C=O) groups is 1. The van der Waals surface area contributed by atoms with Gasteiger partial charge in [0.25, 0.3) is 5.91 Å². The summed E-state index contributed by atoms with van der Waals surface area (Å²) in [4.78, 5) is 17.6. The molecule has 3 aromatic rings. The first-order chi connectivity index (χ1) is 16.5. The van der Waals surface area contributed by atoms with Gasteiger partial charge in [-0.15, -0.1) is 0 Å². The number of amides is 1. The van der Waals surface area contributed by atoms with Crippen molar-refractivity contribution < 1.29 is 14.1 Å². The third kappa shape index (κ3) is 6.04. The Kier molecular flexibility index (Phi) is 7.98. The molecule has 180 valence electrons. The smallest absolute Gasteiger partial charge is 0.251 e. The van der Waals surface area contributed by atoms with Crippen molar-refractivity contribution in [3.05, 3.63) is 82.7 Å². The van der Waals surface area contributed by atoms with E-state index in [0.29, 0.717) is 30.5 Å². The molecule has 2 aromatic carbocycles. The van der Waals surface area contributed by atoms with Crippen molar-refractivity contribution in [2.75, 3.05) is 39.8 Å². The molecule has 1 aliphatic heterocycles. The molecule has 4 rings (SSSR count). The lowest BCUT2D eigenvalue weighted by atomic mass is 10.0. The number of aromatic nitrogens is 1. The molecule has 2 heterocycles. The van der Waals surface area contributed by atoms with Crippen LogP contribution >= 0.6 is 0 Å². The summed E-state index contributed by atoms with van der Waals surface area (Å²) in [5, 5.41) is 7.01. The Morgan fingerprint density at radius 2 is 1.97 bits per heavy atom. The fourth-order valence-corrected chi connectivity index (χ4v) is 4.39. The van der Waals surface area contributed by atoms with E-state index in [1.54, 1.807) is 6.07 Å². The minimum atomic E-state index is -0.0826. The predicted molar refractivity (Wildman–Crippen MR) is 132 cm³/mol. The van der Waals surface area contributed by atoms with E-state index in [1.165, 1.54) is 5.56 Å². The Balaban J connectivity index is 1.26. The van der Waals surface area contributed by atoms with Gasteiger partial charge in [-0.3, -0.25) is 9.69 Å². The van der Waals surface area contributed by atoms with Crippen molar-refractivity contribution in [1.29, 1.82) is 0 Å². The number of hydrogen-bond acceptors (Lipinski definition) is 6. The maximum absolute atomic E-state index is 12.7. The number of hydrogen-bond donors (Lipinski definition) is 1. The molecule has 1 aromatic heterocycles. The molecule has 1 unspecified atom stereocenters. The molecule has 1 atom stereocenters. The number of carbonyl (C=O) groups excluding carboxylic acids is 1. The van der Waals surface area contributed by atoms with Crippen LogP contribution in [-0.4, -0.2) is 60.6 Å². The zero-order chi connectivity index (χ0) is 23.9. The zero-order valence-electron chi connectivity index (χ0n) is 20.3.